The highest BCUT2D eigenvalue weighted by Gasteiger charge is 2.37. The predicted molar refractivity (Wildman–Crippen MR) is 127 cm³/mol. The summed E-state index contributed by atoms with van der Waals surface area (Å²) in [5.41, 5.74) is 3.48. The molecular formula is C24H24ClN3O3S. The first-order chi connectivity index (χ1) is 15.3. The Kier molecular flexibility index (Phi) is 5.34. The number of anilines is 1. The Balaban J connectivity index is 1.31. The molecule has 166 valence electrons. The molecule has 0 bridgehead atoms. The maximum atomic E-state index is 13.2. The zero-order chi connectivity index (χ0) is 22.5. The summed E-state index contributed by atoms with van der Waals surface area (Å²) in [5, 5.41) is 0.552. The summed E-state index contributed by atoms with van der Waals surface area (Å²) in [5.74, 6) is 0.605. The van der Waals surface area contributed by atoms with Crippen molar-refractivity contribution in [2.45, 2.75) is 26.2 Å². The summed E-state index contributed by atoms with van der Waals surface area (Å²) in [4.78, 5) is 17.3. The molecule has 2 aromatic rings. The number of carbonyl (C=O) groups is 1. The summed E-state index contributed by atoms with van der Waals surface area (Å²) in [7, 11) is -3.77. The molecule has 0 N–H and O–H groups in total. The third-order valence-corrected chi connectivity index (χ3v) is 8.27. The summed E-state index contributed by atoms with van der Waals surface area (Å²) >= 11 is 5.96. The molecule has 0 radical (unpaired) electrons. The summed E-state index contributed by atoms with van der Waals surface area (Å²) in [6.45, 7) is 3.73. The van der Waals surface area contributed by atoms with Gasteiger partial charge in [-0.25, -0.2) is 0 Å². The molecule has 0 saturated carbocycles. The van der Waals surface area contributed by atoms with Crippen molar-refractivity contribution in [2.24, 2.45) is 10.3 Å². The molecule has 32 heavy (non-hydrogen) atoms. The fraction of sp³-hybridized carbons (Fsp3) is 0.333. The van der Waals surface area contributed by atoms with Crippen molar-refractivity contribution in [3.05, 3.63) is 70.3 Å². The summed E-state index contributed by atoms with van der Waals surface area (Å²) in [6, 6.07) is 14.8. The molecular weight excluding hydrogens is 446 g/mol. The van der Waals surface area contributed by atoms with Gasteiger partial charge in [0.05, 0.1) is 0 Å². The molecule has 1 saturated heterocycles. The largest absolute Gasteiger partial charge is 0.356 e. The Morgan fingerprint density at radius 3 is 2.44 bits per heavy atom. The second kappa shape index (κ2) is 8.05. The van der Waals surface area contributed by atoms with Crippen LogP contribution in [0.15, 0.2) is 58.5 Å². The Morgan fingerprint density at radius 1 is 1.03 bits per heavy atom. The highest BCUT2D eigenvalue weighted by Crippen LogP contribution is 2.36. The number of rotatable bonds is 2. The van der Waals surface area contributed by atoms with Crippen LogP contribution in [0, 0.1) is 5.92 Å². The second-order valence-corrected chi connectivity index (χ2v) is 10.5. The van der Waals surface area contributed by atoms with E-state index in [1.807, 2.05) is 28.0 Å². The molecule has 3 aliphatic heterocycles. The van der Waals surface area contributed by atoms with Crippen LogP contribution in [0.25, 0.3) is 4.91 Å². The quantitative estimate of drug-likeness (QED) is 0.663. The van der Waals surface area contributed by atoms with Crippen molar-refractivity contribution in [2.75, 3.05) is 24.5 Å². The Bertz CT molecular complexity index is 1240. The van der Waals surface area contributed by atoms with Crippen molar-refractivity contribution in [3.8, 4) is 0 Å². The van der Waals surface area contributed by atoms with Crippen LogP contribution >= 0.6 is 11.6 Å². The van der Waals surface area contributed by atoms with Crippen molar-refractivity contribution >= 4 is 44.0 Å². The van der Waals surface area contributed by atoms with E-state index < -0.39 is 10.0 Å². The van der Waals surface area contributed by atoms with Crippen LogP contribution in [0.5, 0.6) is 0 Å². The van der Waals surface area contributed by atoms with Crippen LogP contribution in [0.3, 0.4) is 0 Å². The first-order valence-electron chi connectivity index (χ1n) is 10.8. The van der Waals surface area contributed by atoms with E-state index in [9.17, 15) is 13.2 Å². The average Bonchev–Trinajstić information content (AvgIpc) is 3.32. The Labute approximate surface area is 193 Å². The van der Waals surface area contributed by atoms with Crippen LogP contribution in [0.1, 0.15) is 30.9 Å². The van der Waals surface area contributed by atoms with E-state index in [0.29, 0.717) is 47.9 Å². The number of halogens is 1. The zero-order valence-electron chi connectivity index (χ0n) is 17.8. The van der Waals surface area contributed by atoms with Gasteiger partial charge in [0.1, 0.15) is 10.7 Å². The summed E-state index contributed by atoms with van der Waals surface area (Å²) in [6.07, 6.45) is 2.26. The number of para-hydroxylation sites is 1. The Hall–Kier alpha value is -2.64. The van der Waals surface area contributed by atoms with Gasteiger partial charge in [0, 0.05) is 41.8 Å². The van der Waals surface area contributed by atoms with Gasteiger partial charge < -0.3 is 9.80 Å². The normalized spacial score (nSPS) is 20.5. The van der Waals surface area contributed by atoms with Gasteiger partial charge in [0.15, 0.2) is 0 Å². The molecule has 0 spiro atoms. The molecule has 0 aromatic heterocycles. The van der Waals surface area contributed by atoms with Crippen LogP contribution < -0.4 is 4.90 Å². The molecule has 3 aliphatic rings. The van der Waals surface area contributed by atoms with Gasteiger partial charge in [-0.2, -0.15) is 8.42 Å². The number of hydrogen-bond donors (Lipinski definition) is 0. The number of carbonyl (C=O) groups excluding carboxylic acids is 1. The van der Waals surface area contributed by atoms with E-state index in [1.165, 1.54) is 5.56 Å². The number of amides is 1. The molecule has 1 fully saturated rings. The standard InChI is InChI=1S/C24H24ClN3O3S/c1-16-22(18-6-8-20(25)9-7-18)32(30,31)26-23(16)27-13-10-19(11-14-27)24(29)28-15-12-17-4-2-3-5-21(17)28/h2-9,19H,10-15H2,1H3. The van der Waals surface area contributed by atoms with Gasteiger partial charge in [-0.1, -0.05) is 41.9 Å². The number of amidine groups is 1. The van der Waals surface area contributed by atoms with Crippen LogP contribution in [0.4, 0.5) is 5.69 Å². The number of fused-ring (bicyclic) bond motifs is 1. The Morgan fingerprint density at radius 2 is 1.72 bits per heavy atom. The van der Waals surface area contributed by atoms with Crippen LogP contribution in [-0.4, -0.2) is 44.7 Å². The first-order valence-corrected chi connectivity index (χ1v) is 12.6. The van der Waals surface area contributed by atoms with Gasteiger partial charge >= 0.3 is 0 Å². The van der Waals surface area contributed by atoms with Gasteiger partial charge in [0.25, 0.3) is 10.0 Å². The molecule has 0 aliphatic carbocycles. The fourth-order valence-corrected chi connectivity index (χ4v) is 6.52. The third kappa shape index (κ3) is 3.63. The topological polar surface area (TPSA) is 70.0 Å². The first kappa shape index (κ1) is 21.2. The maximum Gasteiger partial charge on any atom is 0.285 e. The van der Waals surface area contributed by atoms with Gasteiger partial charge in [-0.3, -0.25) is 4.79 Å². The SMILES string of the molecule is CC1=C(c2ccc(Cl)cc2)S(=O)(=O)N=C1N1CCC(C(=O)N2CCc3ccccc32)CC1. The molecule has 0 unspecified atom stereocenters. The molecule has 0 atom stereocenters. The fourth-order valence-electron chi connectivity index (χ4n) is 4.91. The van der Waals surface area contributed by atoms with E-state index >= 15 is 0 Å². The molecule has 5 rings (SSSR count). The molecule has 6 nitrogen and oxygen atoms in total. The van der Waals surface area contributed by atoms with E-state index in [-0.39, 0.29) is 16.7 Å². The van der Waals surface area contributed by atoms with Crippen molar-refractivity contribution in [3.63, 3.8) is 0 Å². The lowest BCUT2D eigenvalue weighted by molar-refractivity contribution is -0.123. The average molecular weight is 470 g/mol. The van der Waals surface area contributed by atoms with Crippen LogP contribution in [-0.2, 0) is 21.2 Å². The predicted octanol–water partition coefficient (Wildman–Crippen LogP) is 4.11. The maximum absolute atomic E-state index is 13.2. The second-order valence-electron chi connectivity index (χ2n) is 8.48. The minimum atomic E-state index is -3.77. The number of hydrogen-bond acceptors (Lipinski definition) is 4. The highest BCUT2D eigenvalue weighted by molar-refractivity contribution is 8.00. The van der Waals surface area contributed by atoms with Crippen molar-refractivity contribution < 1.29 is 13.2 Å². The van der Waals surface area contributed by atoms with Crippen molar-refractivity contribution in [1.82, 2.24) is 4.90 Å². The highest BCUT2D eigenvalue weighted by atomic mass is 35.5. The number of sulfonamides is 1. The number of piperidine rings is 1. The third-order valence-electron chi connectivity index (χ3n) is 6.54. The van der Waals surface area contributed by atoms with E-state index in [2.05, 4.69) is 10.5 Å². The lowest BCUT2D eigenvalue weighted by Gasteiger charge is -2.34. The number of likely N-dealkylation sites (tertiary alicyclic amines) is 1. The molecule has 3 heterocycles. The lowest BCUT2D eigenvalue weighted by Crippen LogP contribution is -2.44. The molecule has 1 amide bonds. The minimum Gasteiger partial charge on any atom is -0.356 e. The van der Waals surface area contributed by atoms with E-state index in [1.54, 1.807) is 31.2 Å². The summed E-state index contributed by atoms with van der Waals surface area (Å²) < 4.78 is 29.7. The monoisotopic (exact) mass is 469 g/mol. The number of nitrogens with zero attached hydrogens (tertiary/aromatic N) is 3. The molecule has 2 aromatic carbocycles. The smallest absolute Gasteiger partial charge is 0.285 e. The van der Waals surface area contributed by atoms with Gasteiger partial charge in [-0.15, -0.1) is 4.40 Å². The van der Waals surface area contributed by atoms with Crippen molar-refractivity contribution in [1.29, 1.82) is 0 Å². The molecule has 8 heteroatoms. The lowest BCUT2D eigenvalue weighted by atomic mass is 9.94. The minimum absolute atomic E-state index is 0.0592. The van der Waals surface area contributed by atoms with Crippen LogP contribution in [0.2, 0.25) is 5.02 Å². The van der Waals surface area contributed by atoms with Gasteiger partial charge in [-0.05, 0) is 55.5 Å². The zero-order valence-corrected chi connectivity index (χ0v) is 19.4. The van der Waals surface area contributed by atoms with E-state index in [4.69, 9.17) is 11.6 Å². The van der Waals surface area contributed by atoms with E-state index in [0.717, 1.165) is 18.7 Å². The number of benzene rings is 2. The van der Waals surface area contributed by atoms with Gasteiger partial charge in [0.2, 0.25) is 5.91 Å².